The summed E-state index contributed by atoms with van der Waals surface area (Å²) in [5.74, 6) is -0.259. The number of aromatic nitrogens is 2. The summed E-state index contributed by atoms with van der Waals surface area (Å²) in [5.41, 5.74) is 2.12. The van der Waals surface area contributed by atoms with E-state index in [1.165, 1.54) is 18.3 Å². The molecule has 0 aliphatic rings. The number of aromatic amines is 1. The van der Waals surface area contributed by atoms with Crippen LogP contribution in [0.15, 0.2) is 29.1 Å². The lowest BCUT2D eigenvalue weighted by Crippen LogP contribution is -2.18. The molecule has 0 fully saturated rings. The van der Waals surface area contributed by atoms with E-state index in [2.05, 4.69) is 15.3 Å². The van der Waals surface area contributed by atoms with Crippen molar-refractivity contribution in [3.8, 4) is 0 Å². The lowest BCUT2D eigenvalue weighted by molar-refractivity contribution is -0.148. The second kappa shape index (κ2) is 7.93. The third-order valence-electron chi connectivity index (χ3n) is 4.37. The highest BCUT2D eigenvalue weighted by molar-refractivity contribution is 7.18. The van der Waals surface area contributed by atoms with E-state index in [0.717, 1.165) is 16.0 Å². The van der Waals surface area contributed by atoms with Crippen molar-refractivity contribution in [3.05, 3.63) is 56.4 Å². The summed E-state index contributed by atoms with van der Waals surface area (Å²) in [6.07, 6.45) is -0.597. The smallest absolute Gasteiger partial charge is 0.310 e. The third kappa shape index (κ3) is 4.28. The van der Waals surface area contributed by atoms with Crippen LogP contribution in [0.2, 0.25) is 0 Å². The molecule has 0 aliphatic heterocycles. The molecule has 2 N–H and O–H groups in total. The molecule has 0 bridgehead atoms. The SMILES string of the molecule is CC(=O)Nc1ccc(CC(=O)O[C@H](C)c2nc3sc(C)c(C)c3c(=O)[nH]2)cc1. The maximum Gasteiger partial charge on any atom is 0.310 e. The highest BCUT2D eigenvalue weighted by Crippen LogP contribution is 2.27. The van der Waals surface area contributed by atoms with Gasteiger partial charge in [0.2, 0.25) is 5.91 Å². The van der Waals surface area contributed by atoms with E-state index >= 15 is 0 Å². The standard InChI is InChI=1S/C20H21N3O4S/c1-10-12(3)28-20-17(10)19(26)22-18(23-20)11(2)27-16(25)9-14-5-7-15(8-6-14)21-13(4)24/h5-8,11H,9H2,1-4H3,(H,21,24)(H,22,23,26)/t11-/m1/s1. The van der Waals surface area contributed by atoms with Gasteiger partial charge in [0.1, 0.15) is 4.83 Å². The Morgan fingerprint density at radius 2 is 1.93 bits per heavy atom. The van der Waals surface area contributed by atoms with Gasteiger partial charge < -0.3 is 15.0 Å². The number of carbonyl (C=O) groups is 2. The number of nitrogens with one attached hydrogen (secondary N) is 2. The molecule has 0 radical (unpaired) electrons. The van der Waals surface area contributed by atoms with Crippen molar-refractivity contribution in [3.63, 3.8) is 0 Å². The van der Waals surface area contributed by atoms with Crippen molar-refractivity contribution in [1.82, 2.24) is 9.97 Å². The number of carbonyl (C=O) groups excluding carboxylic acids is 2. The predicted octanol–water partition coefficient (Wildman–Crippen LogP) is 3.41. The van der Waals surface area contributed by atoms with E-state index in [0.29, 0.717) is 21.7 Å². The normalized spacial score (nSPS) is 12.0. The Balaban J connectivity index is 1.69. The topological polar surface area (TPSA) is 101 Å². The minimum atomic E-state index is -0.675. The second-order valence-electron chi connectivity index (χ2n) is 6.60. The molecule has 0 unspecified atom stereocenters. The van der Waals surface area contributed by atoms with Crippen molar-refractivity contribution in [1.29, 1.82) is 0 Å². The quantitative estimate of drug-likeness (QED) is 0.640. The number of H-pyrrole nitrogens is 1. The van der Waals surface area contributed by atoms with Gasteiger partial charge in [-0.25, -0.2) is 4.98 Å². The molecule has 2 heterocycles. The molecule has 1 amide bonds. The average molecular weight is 399 g/mol. The van der Waals surface area contributed by atoms with Gasteiger partial charge in [0, 0.05) is 17.5 Å². The zero-order valence-electron chi connectivity index (χ0n) is 16.1. The Morgan fingerprint density at radius 1 is 1.25 bits per heavy atom. The number of rotatable bonds is 5. The van der Waals surface area contributed by atoms with Crippen molar-refractivity contribution < 1.29 is 14.3 Å². The first-order chi connectivity index (χ1) is 13.2. The lowest BCUT2D eigenvalue weighted by atomic mass is 10.1. The number of esters is 1. The highest BCUT2D eigenvalue weighted by atomic mass is 32.1. The Kier molecular flexibility index (Phi) is 5.60. The van der Waals surface area contributed by atoms with Crippen LogP contribution in [0.3, 0.4) is 0 Å². The minimum absolute atomic E-state index is 0.0778. The van der Waals surface area contributed by atoms with Crippen molar-refractivity contribution in [2.45, 2.75) is 40.2 Å². The number of hydrogen-bond acceptors (Lipinski definition) is 6. The first kappa shape index (κ1) is 19.8. The molecular formula is C20H21N3O4S. The molecule has 28 heavy (non-hydrogen) atoms. The monoisotopic (exact) mass is 399 g/mol. The number of nitrogens with zero attached hydrogens (tertiary/aromatic N) is 1. The lowest BCUT2D eigenvalue weighted by Gasteiger charge is -2.13. The van der Waals surface area contributed by atoms with Gasteiger partial charge in [-0.15, -0.1) is 11.3 Å². The Labute approximate surface area is 165 Å². The summed E-state index contributed by atoms with van der Waals surface area (Å²) < 4.78 is 5.44. The van der Waals surface area contributed by atoms with Gasteiger partial charge in [0.25, 0.3) is 5.56 Å². The van der Waals surface area contributed by atoms with Crippen LogP contribution in [0.25, 0.3) is 10.2 Å². The van der Waals surface area contributed by atoms with Gasteiger partial charge >= 0.3 is 5.97 Å². The van der Waals surface area contributed by atoms with Gasteiger partial charge in [0.15, 0.2) is 11.9 Å². The van der Waals surface area contributed by atoms with Crippen LogP contribution in [0.1, 0.15) is 41.8 Å². The fourth-order valence-corrected chi connectivity index (χ4v) is 3.87. The van der Waals surface area contributed by atoms with E-state index in [9.17, 15) is 14.4 Å². The van der Waals surface area contributed by atoms with E-state index in [1.54, 1.807) is 31.2 Å². The van der Waals surface area contributed by atoms with Crippen LogP contribution >= 0.6 is 11.3 Å². The summed E-state index contributed by atoms with van der Waals surface area (Å²) in [4.78, 5) is 44.5. The summed E-state index contributed by atoms with van der Waals surface area (Å²) in [6.45, 7) is 6.95. The van der Waals surface area contributed by atoms with E-state index in [1.807, 2.05) is 13.8 Å². The average Bonchev–Trinajstić information content (AvgIpc) is 2.90. The van der Waals surface area contributed by atoms with E-state index < -0.39 is 12.1 Å². The second-order valence-corrected chi connectivity index (χ2v) is 7.80. The first-order valence-corrected chi connectivity index (χ1v) is 9.62. The molecule has 8 heteroatoms. The number of aryl methyl sites for hydroxylation is 2. The van der Waals surface area contributed by atoms with Crippen LogP contribution in [0, 0.1) is 13.8 Å². The fraction of sp³-hybridized carbons (Fsp3) is 0.300. The fourth-order valence-electron chi connectivity index (χ4n) is 2.83. The van der Waals surface area contributed by atoms with Gasteiger partial charge in [-0.05, 0) is 44.0 Å². The van der Waals surface area contributed by atoms with Gasteiger partial charge in [-0.3, -0.25) is 14.4 Å². The predicted molar refractivity (Wildman–Crippen MR) is 109 cm³/mol. The molecule has 1 atom stereocenters. The van der Waals surface area contributed by atoms with Gasteiger partial charge in [-0.2, -0.15) is 0 Å². The first-order valence-electron chi connectivity index (χ1n) is 8.80. The minimum Gasteiger partial charge on any atom is -0.454 e. The molecular weight excluding hydrogens is 378 g/mol. The summed E-state index contributed by atoms with van der Waals surface area (Å²) in [7, 11) is 0. The summed E-state index contributed by atoms with van der Waals surface area (Å²) in [6, 6.07) is 6.95. The zero-order valence-corrected chi connectivity index (χ0v) is 16.9. The molecule has 2 aromatic heterocycles. The molecule has 3 rings (SSSR count). The number of benzene rings is 1. The number of ether oxygens (including phenoxy) is 1. The van der Waals surface area contributed by atoms with Gasteiger partial charge in [0.05, 0.1) is 11.8 Å². The van der Waals surface area contributed by atoms with Gasteiger partial charge in [-0.1, -0.05) is 12.1 Å². The molecule has 7 nitrogen and oxygen atoms in total. The molecule has 0 spiro atoms. The Morgan fingerprint density at radius 3 is 2.57 bits per heavy atom. The van der Waals surface area contributed by atoms with Crippen LogP contribution < -0.4 is 10.9 Å². The maximum atomic E-state index is 12.4. The maximum absolute atomic E-state index is 12.4. The van der Waals surface area contributed by atoms with E-state index in [4.69, 9.17) is 4.74 Å². The number of anilines is 1. The number of hydrogen-bond donors (Lipinski definition) is 2. The summed E-state index contributed by atoms with van der Waals surface area (Å²) in [5, 5.41) is 3.26. The molecule has 146 valence electrons. The number of thiophene rings is 1. The molecule has 0 saturated carbocycles. The summed E-state index contributed by atoms with van der Waals surface area (Å²) >= 11 is 1.45. The largest absolute Gasteiger partial charge is 0.454 e. The number of amides is 1. The van der Waals surface area contributed by atoms with Crippen LogP contribution in [-0.4, -0.2) is 21.8 Å². The molecule has 0 aliphatic carbocycles. The van der Waals surface area contributed by atoms with Crippen LogP contribution in [0.4, 0.5) is 5.69 Å². The zero-order chi connectivity index (χ0) is 20.4. The molecule has 1 aromatic carbocycles. The third-order valence-corrected chi connectivity index (χ3v) is 5.47. The van der Waals surface area contributed by atoms with Crippen molar-refractivity contribution >= 4 is 39.1 Å². The van der Waals surface area contributed by atoms with E-state index in [-0.39, 0.29) is 17.9 Å². The van der Waals surface area contributed by atoms with Crippen molar-refractivity contribution in [2.24, 2.45) is 0 Å². The Bertz CT molecular complexity index is 1100. The number of fused-ring (bicyclic) bond motifs is 1. The molecule has 3 aromatic rings. The van der Waals surface area contributed by atoms with Crippen LogP contribution in [0.5, 0.6) is 0 Å². The Hall–Kier alpha value is -3.00. The molecule has 0 saturated heterocycles. The highest BCUT2D eigenvalue weighted by Gasteiger charge is 2.18. The van der Waals surface area contributed by atoms with Crippen LogP contribution in [-0.2, 0) is 20.7 Å². The van der Waals surface area contributed by atoms with Crippen molar-refractivity contribution in [2.75, 3.05) is 5.32 Å².